The first kappa shape index (κ1) is 12.7. The van der Waals surface area contributed by atoms with Crippen molar-refractivity contribution < 1.29 is 4.74 Å². The van der Waals surface area contributed by atoms with Gasteiger partial charge in [0.05, 0.1) is 6.61 Å². The van der Waals surface area contributed by atoms with E-state index in [2.05, 4.69) is 30.4 Å². The maximum atomic E-state index is 5.95. The molecule has 1 aromatic carbocycles. The Labute approximate surface area is 121 Å². The normalized spacial score (nSPS) is 32.1. The minimum Gasteiger partial charge on any atom is -0.493 e. The highest BCUT2D eigenvalue weighted by Crippen LogP contribution is 2.61. The van der Waals surface area contributed by atoms with Crippen LogP contribution < -0.4 is 10.1 Å². The first-order chi connectivity index (χ1) is 9.90. The van der Waals surface area contributed by atoms with Crippen LogP contribution in [0.3, 0.4) is 0 Å². The highest BCUT2D eigenvalue weighted by Gasteiger charge is 2.54. The Morgan fingerprint density at radius 2 is 2.05 bits per heavy atom. The van der Waals surface area contributed by atoms with Crippen LogP contribution in [0.5, 0.6) is 5.75 Å². The SMILES string of the molecule is CCNC(c1cccc2c1OCC2)C1C2CCCCC21. The topological polar surface area (TPSA) is 21.3 Å². The van der Waals surface area contributed by atoms with Gasteiger partial charge in [-0.1, -0.05) is 38.0 Å². The van der Waals surface area contributed by atoms with E-state index in [1.165, 1.54) is 42.6 Å². The molecular formula is C18H25NO. The summed E-state index contributed by atoms with van der Waals surface area (Å²) in [7, 11) is 0. The molecule has 0 saturated heterocycles. The third kappa shape index (κ3) is 1.96. The summed E-state index contributed by atoms with van der Waals surface area (Å²) in [4.78, 5) is 0. The van der Waals surface area contributed by atoms with Gasteiger partial charge in [0.25, 0.3) is 0 Å². The molecule has 0 aromatic heterocycles. The van der Waals surface area contributed by atoms with Crippen molar-refractivity contribution in [1.82, 2.24) is 5.32 Å². The first-order valence-electron chi connectivity index (χ1n) is 8.38. The summed E-state index contributed by atoms with van der Waals surface area (Å²) >= 11 is 0. The van der Waals surface area contributed by atoms with Crippen molar-refractivity contribution in [2.75, 3.05) is 13.2 Å². The van der Waals surface area contributed by atoms with Gasteiger partial charge in [-0.25, -0.2) is 0 Å². The number of fused-ring (bicyclic) bond motifs is 2. The van der Waals surface area contributed by atoms with Gasteiger partial charge >= 0.3 is 0 Å². The molecule has 4 rings (SSSR count). The minimum atomic E-state index is 0.515. The molecule has 2 fully saturated rings. The smallest absolute Gasteiger partial charge is 0.127 e. The maximum absolute atomic E-state index is 5.95. The minimum absolute atomic E-state index is 0.515. The second-order valence-corrected chi connectivity index (χ2v) is 6.66. The molecule has 0 radical (unpaired) electrons. The number of rotatable bonds is 4. The number of nitrogens with one attached hydrogen (secondary N) is 1. The summed E-state index contributed by atoms with van der Waals surface area (Å²) < 4.78 is 5.95. The molecule has 20 heavy (non-hydrogen) atoms. The summed E-state index contributed by atoms with van der Waals surface area (Å²) in [6, 6.07) is 7.26. The lowest BCUT2D eigenvalue weighted by Gasteiger charge is -2.21. The van der Waals surface area contributed by atoms with Crippen LogP contribution in [0.25, 0.3) is 0 Å². The first-order valence-corrected chi connectivity index (χ1v) is 8.38. The molecule has 3 atom stereocenters. The number of ether oxygens (including phenoxy) is 1. The van der Waals surface area contributed by atoms with Crippen molar-refractivity contribution in [1.29, 1.82) is 0 Å². The summed E-state index contributed by atoms with van der Waals surface area (Å²) in [5.74, 6) is 4.00. The Bertz CT molecular complexity index is 486. The van der Waals surface area contributed by atoms with E-state index in [9.17, 15) is 0 Å². The van der Waals surface area contributed by atoms with Gasteiger partial charge in [-0.2, -0.15) is 0 Å². The molecule has 2 saturated carbocycles. The van der Waals surface area contributed by atoms with Gasteiger partial charge in [-0.15, -0.1) is 0 Å². The fourth-order valence-electron chi connectivity index (χ4n) is 4.70. The standard InChI is InChI=1S/C18H25NO/c1-2-19-17(16-13-7-3-4-8-14(13)16)15-9-5-6-12-10-11-20-18(12)15/h5-6,9,13-14,16-17,19H,2-4,7-8,10-11H2,1H3. The zero-order valence-corrected chi connectivity index (χ0v) is 12.4. The molecule has 1 aromatic rings. The van der Waals surface area contributed by atoms with Crippen molar-refractivity contribution in [2.24, 2.45) is 17.8 Å². The molecule has 0 spiro atoms. The fourth-order valence-corrected chi connectivity index (χ4v) is 4.70. The molecule has 2 nitrogen and oxygen atoms in total. The third-order valence-corrected chi connectivity index (χ3v) is 5.61. The number of benzene rings is 1. The highest BCUT2D eigenvalue weighted by molar-refractivity contribution is 5.46. The number of hydrogen-bond donors (Lipinski definition) is 1. The van der Waals surface area contributed by atoms with Gasteiger partial charge in [-0.3, -0.25) is 0 Å². The molecule has 0 bridgehead atoms. The second-order valence-electron chi connectivity index (χ2n) is 6.66. The fraction of sp³-hybridized carbons (Fsp3) is 0.667. The largest absolute Gasteiger partial charge is 0.493 e. The van der Waals surface area contributed by atoms with E-state index in [0.717, 1.165) is 37.3 Å². The van der Waals surface area contributed by atoms with Crippen molar-refractivity contribution in [3.05, 3.63) is 29.3 Å². The van der Waals surface area contributed by atoms with Crippen LogP contribution in [0.2, 0.25) is 0 Å². The lowest BCUT2D eigenvalue weighted by molar-refractivity contribution is 0.343. The van der Waals surface area contributed by atoms with Gasteiger partial charge in [0.15, 0.2) is 0 Å². The van der Waals surface area contributed by atoms with Gasteiger partial charge in [0, 0.05) is 18.0 Å². The number of para-hydroxylation sites is 1. The van der Waals surface area contributed by atoms with Crippen LogP contribution >= 0.6 is 0 Å². The Morgan fingerprint density at radius 1 is 1.25 bits per heavy atom. The van der Waals surface area contributed by atoms with Gasteiger partial charge in [0.1, 0.15) is 5.75 Å². The Balaban J connectivity index is 1.65. The van der Waals surface area contributed by atoms with Crippen molar-refractivity contribution in [2.45, 2.75) is 45.1 Å². The molecule has 3 unspecified atom stereocenters. The van der Waals surface area contributed by atoms with E-state index < -0.39 is 0 Å². The molecule has 2 aliphatic carbocycles. The molecule has 3 aliphatic rings. The predicted molar refractivity (Wildman–Crippen MR) is 81.0 cm³/mol. The second kappa shape index (κ2) is 5.07. The van der Waals surface area contributed by atoms with E-state index >= 15 is 0 Å². The van der Waals surface area contributed by atoms with Gasteiger partial charge < -0.3 is 10.1 Å². The van der Waals surface area contributed by atoms with Crippen molar-refractivity contribution in [3.63, 3.8) is 0 Å². The maximum Gasteiger partial charge on any atom is 0.127 e. The molecule has 108 valence electrons. The van der Waals surface area contributed by atoms with Crippen LogP contribution in [0.15, 0.2) is 18.2 Å². The van der Waals surface area contributed by atoms with E-state index in [0.29, 0.717) is 6.04 Å². The summed E-state index contributed by atoms with van der Waals surface area (Å²) in [5, 5.41) is 3.77. The van der Waals surface area contributed by atoms with Crippen LogP contribution in [0.4, 0.5) is 0 Å². The number of hydrogen-bond acceptors (Lipinski definition) is 2. The van der Waals surface area contributed by atoms with E-state index in [-0.39, 0.29) is 0 Å². The monoisotopic (exact) mass is 271 g/mol. The summed E-state index contributed by atoms with van der Waals surface area (Å²) in [5.41, 5.74) is 2.84. The average molecular weight is 271 g/mol. The van der Waals surface area contributed by atoms with Gasteiger partial charge in [-0.05, 0) is 42.7 Å². The lowest BCUT2D eigenvalue weighted by Crippen LogP contribution is -2.24. The molecule has 1 aliphatic heterocycles. The van der Waals surface area contributed by atoms with E-state index in [4.69, 9.17) is 4.74 Å². The van der Waals surface area contributed by atoms with Crippen molar-refractivity contribution in [3.8, 4) is 5.75 Å². The Morgan fingerprint density at radius 3 is 2.80 bits per heavy atom. The van der Waals surface area contributed by atoms with Crippen LogP contribution in [-0.4, -0.2) is 13.2 Å². The van der Waals surface area contributed by atoms with Crippen molar-refractivity contribution >= 4 is 0 Å². The molecule has 2 heteroatoms. The average Bonchev–Trinajstić information content (AvgIpc) is 2.99. The van der Waals surface area contributed by atoms with Crippen LogP contribution in [-0.2, 0) is 6.42 Å². The highest BCUT2D eigenvalue weighted by atomic mass is 16.5. The predicted octanol–water partition coefficient (Wildman–Crippen LogP) is 3.71. The lowest BCUT2D eigenvalue weighted by atomic mass is 9.96. The summed E-state index contributed by atoms with van der Waals surface area (Å²) in [6.45, 7) is 4.13. The molecule has 1 N–H and O–H groups in total. The van der Waals surface area contributed by atoms with Gasteiger partial charge in [0.2, 0.25) is 0 Å². The zero-order chi connectivity index (χ0) is 13.5. The Kier molecular flexibility index (Phi) is 3.22. The summed E-state index contributed by atoms with van der Waals surface area (Å²) in [6.07, 6.45) is 6.87. The molecular weight excluding hydrogens is 246 g/mol. The van der Waals surface area contributed by atoms with E-state index in [1.54, 1.807) is 0 Å². The quantitative estimate of drug-likeness (QED) is 0.901. The zero-order valence-electron chi connectivity index (χ0n) is 12.4. The van der Waals surface area contributed by atoms with Crippen LogP contribution in [0, 0.1) is 17.8 Å². The Hall–Kier alpha value is -1.02. The van der Waals surface area contributed by atoms with E-state index in [1.807, 2.05) is 0 Å². The van der Waals surface area contributed by atoms with Crippen LogP contribution in [0.1, 0.15) is 49.8 Å². The molecule has 0 amide bonds. The third-order valence-electron chi connectivity index (χ3n) is 5.61. The molecule has 1 heterocycles.